The second-order valence-electron chi connectivity index (χ2n) is 5.85. The van der Waals surface area contributed by atoms with Gasteiger partial charge >= 0.3 is 16.4 Å². The number of Topliss-reactive ketones (excluding diaryl/α,β-unsaturated/α-hetero) is 1. The molecule has 0 aromatic heterocycles. The van der Waals surface area contributed by atoms with Crippen LogP contribution in [-0.4, -0.2) is 68.4 Å². The maximum absolute atomic E-state index is 14.2. The molecule has 31 heavy (non-hydrogen) atoms. The van der Waals surface area contributed by atoms with Gasteiger partial charge in [-0.15, -0.1) is 5.76 Å². The van der Waals surface area contributed by atoms with Gasteiger partial charge in [0.05, 0.1) is 19.7 Å². The Labute approximate surface area is 172 Å². The predicted molar refractivity (Wildman–Crippen MR) is 89.0 cm³/mol. The predicted octanol–water partition coefficient (Wildman–Crippen LogP) is -0.646. The van der Waals surface area contributed by atoms with Crippen LogP contribution >= 0.6 is 0 Å². The largest absolute Gasteiger partial charge is 0.875 e. The van der Waals surface area contributed by atoms with Gasteiger partial charge in [-0.25, -0.2) is 8.42 Å². The minimum atomic E-state index is -7.75. The van der Waals surface area contributed by atoms with Crippen molar-refractivity contribution in [3.05, 3.63) is 14.6 Å². The minimum Gasteiger partial charge on any atom is -0.875 e. The lowest BCUT2D eigenvalue weighted by Gasteiger charge is -2.37. The van der Waals surface area contributed by atoms with Crippen molar-refractivity contribution in [2.24, 2.45) is 0 Å². The third-order valence-corrected chi connectivity index (χ3v) is 12.7. The number of halogens is 6. The summed E-state index contributed by atoms with van der Waals surface area (Å²) in [7, 11) is -26.7. The van der Waals surface area contributed by atoms with Crippen LogP contribution in [0.2, 0.25) is 0 Å². The highest BCUT2D eigenvalue weighted by Gasteiger charge is 2.81. The van der Waals surface area contributed by atoms with Gasteiger partial charge in [-0.1, -0.05) is 6.92 Å². The van der Waals surface area contributed by atoms with Crippen molar-refractivity contribution in [1.82, 2.24) is 0 Å². The van der Waals surface area contributed by atoms with E-state index in [1.165, 1.54) is 0 Å². The average Bonchev–Trinajstić information content (AvgIpc) is 2.40. The zero-order valence-electron chi connectivity index (χ0n) is 15.5. The number of ketones is 1. The van der Waals surface area contributed by atoms with E-state index in [1.807, 2.05) is 0 Å². The summed E-state index contributed by atoms with van der Waals surface area (Å²) < 4.78 is 174. The summed E-state index contributed by atoms with van der Waals surface area (Å²) in [5.74, 6) is -11.8. The monoisotopic (exact) mass is 546 g/mol. The molecular weight excluding hydrogens is 534 g/mol. The number of allylic oxidation sites excluding steroid dienone is 2. The SMILES string of the molecule is CC(=O)/C(=C(\C)[O-])S(=O)(=O)C(F)(F)C(F)(F)C(F)(F)S(=O)(=O)[C-](S(C)(=O)=O)S(C)(=O)=O. The smallest absolute Gasteiger partial charge is 0.418 e. The van der Waals surface area contributed by atoms with Crippen LogP contribution in [0.3, 0.4) is 0 Å². The van der Waals surface area contributed by atoms with E-state index >= 15 is 0 Å². The molecule has 0 fully saturated rings. The van der Waals surface area contributed by atoms with Gasteiger partial charge in [0.1, 0.15) is 14.7 Å². The lowest BCUT2D eigenvalue weighted by atomic mass is 10.3. The molecule has 0 aromatic rings. The van der Waals surface area contributed by atoms with E-state index in [0.717, 1.165) is 0 Å². The summed E-state index contributed by atoms with van der Waals surface area (Å²) in [5.41, 5.74) is 0. The van der Waals surface area contributed by atoms with Crippen LogP contribution < -0.4 is 5.11 Å². The minimum absolute atomic E-state index is 0.108. The summed E-state index contributed by atoms with van der Waals surface area (Å²) in [6, 6.07) is 0. The highest BCUT2D eigenvalue weighted by Crippen LogP contribution is 2.54. The van der Waals surface area contributed by atoms with E-state index in [1.54, 1.807) is 0 Å². The summed E-state index contributed by atoms with van der Waals surface area (Å²) in [6.45, 7) is 0.215. The highest BCUT2D eigenvalue weighted by atomic mass is 32.3. The number of carbonyl (C=O) groups excluding carboxylic acids is 1. The molecule has 0 radical (unpaired) electrons. The number of sulfone groups is 4. The standard InChI is InChI=1S/C11H13F6O10S4/c1-5(18)7(6(2)19)30(24,25)10(14,15)9(12,13)11(16,17)31(26,27)8(28(3,20)21)29(4,22)23/h18H,1-4H3/q-1/p-1/b7-5-. The Hall–Kier alpha value is -1.41. The van der Waals surface area contributed by atoms with E-state index in [4.69, 9.17) is 0 Å². The molecule has 0 aliphatic rings. The molecule has 0 rings (SSSR count). The van der Waals surface area contributed by atoms with Crippen LogP contribution in [-0.2, 0) is 44.1 Å². The summed E-state index contributed by atoms with van der Waals surface area (Å²) >= 11 is 0. The normalized spacial score (nSPS) is 16.2. The van der Waals surface area contributed by atoms with Crippen molar-refractivity contribution in [1.29, 1.82) is 0 Å². The van der Waals surface area contributed by atoms with Crippen LogP contribution in [0.15, 0.2) is 10.7 Å². The third-order valence-electron chi connectivity index (χ3n) is 3.14. The molecule has 10 nitrogen and oxygen atoms in total. The second kappa shape index (κ2) is 7.87. The van der Waals surface area contributed by atoms with E-state index in [2.05, 4.69) is 0 Å². The van der Waals surface area contributed by atoms with Crippen molar-refractivity contribution >= 4 is 45.1 Å². The summed E-state index contributed by atoms with van der Waals surface area (Å²) in [6.07, 6.45) is -0.692. The molecule has 0 bridgehead atoms. The van der Waals surface area contributed by atoms with Crippen molar-refractivity contribution < 1.29 is 69.9 Å². The lowest BCUT2D eigenvalue weighted by Crippen LogP contribution is -2.62. The number of hydrogen-bond acceptors (Lipinski definition) is 10. The van der Waals surface area contributed by atoms with E-state index in [9.17, 15) is 69.9 Å². The molecule has 0 heterocycles. The summed E-state index contributed by atoms with van der Waals surface area (Å²) in [5, 5.41) is -3.47. The van der Waals surface area contributed by atoms with Crippen LogP contribution in [0, 0.1) is 3.91 Å². The first-order valence-electron chi connectivity index (χ1n) is 6.92. The van der Waals surface area contributed by atoms with E-state index < -0.39 is 76.1 Å². The summed E-state index contributed by atoms with van der Waals surface area (Å²) in [4.78, 5) is 8.54. The fraction of sp³-hybridized carbons (Fsp3) is 0.636. The molecule has 0 aliphatic carbocycles. The van der Waals surface area contributed by atoms with E-state index in [-0.39, 0.29) is 26.4 Å². The molecule has 184 valence electrons. The molecule has 0 aromatic carbocycles. The Morgan fingerprint density at radius 1 is 0.742 bits per heavy atom. The average molecular weight is 546 g/mol. The van der Waals surface area contributed by atoms with Gasteiger partial charge < -0.3 is 5.11 Å². The first-order chi connectivity index (χ1) is 13.1. The second-order valence-corrected chi connectivity index (χ2v) is 14.4. The van der Waals surface area contributed by atoms with Crippen molar-refractivity contribution in [3.8, 4) is 0 Å². The number of carbonyl (C=O) groups is 1. The fourth-order valence-electron chi connectivity index (χ4n) is 2.04. The zero-order chi connectivity index (χ0) is 25.8. The number of hydrogen-bond donors (Lipinski definition) is 0. The third kappa shape index (κ3) is 4.56. The van der Waals surface area contributed by atoms with Crippen molar-refractivity contribution in [2.75, 3.05) is 12.5 Å². The quantitative estimate of drug-likeness (QED) is 0.156. The molecule has 0 saturated carbocycles. The molecule has 0 saturated heterocycles. The van der Waals surface area contributed by atoms with Gasteiger partial charge in [0, 0.05) is 16.4 Å². The van der Waals surface area contributed by atoms with Gasteiger partial charge in [0.25, 0.3) is 9.84 Å². The molecule has 0 aliphatic heterocycles. The number of alkyl halides is 6. The van der Waals surface area contributed by atoms with Gasteiger partial charge in [-0.2, -0.15) is 26.3 Å². The van der Waals surface area contributed by atoms with Gasteiger partial charge in [0.15, 0.2) is 5.78 Å². The first kappa shape index (κ1) is 29.6. The Morgan fingerprint density at radius 2 is 1.06 bits per heavy atom. The van der Waals surface area contributed by atoms with Gasteiger partial charge in [0.2, 0.25) is 0 Å². The molecule has 0 amide bonds. The zero-order valence-corrected chi connectivity index (χ0v) is 18.7. The van der Waals surface area contributed by atoms with Crippen LogP contribution in [0.5, 0.6) is 0 Å². The Bertz CT molecular complexity index is 1190. The Kier molecular flexibility index (Phi) is 7.51. The van der Waals surface area contributed by atoms with Crippen LogP contribution in [0.25, 0.3) is 0 Å². The molecule has 0 unspecified atom stereocenters. The fourth-order valence-corrected chi connectivity index (χ4v) is 10.3. The Morgan fingerprint density at radius 3 is 1.29 bits per heavy atom. The first-order valence-corrected chi connectivity index (χ1v) is 13.7. The maximum Gasteiger partial charge on any atom is 0.418 e. The molecule has 0 spiro atoms. The van der Waals surface area contributed by atoms with Crippen molar-refractivity contribution in [2.45, 2.75) is 30.3 Å². The maximum atomic E-state index is 14.2. The topological polar surface area (TPSA) is 177 Å². The highest BCUT2D eigenvalue weighted by molar-refractivity contribution is 8.28. The lowest BCUT2D eigenvalue weighted by molar-refractivity contribution is -0.302. The molecule has 0 atom stereocenters. The number of rotatable bonds is 9. The molecular formula is C11H12F6O10S4-2. The molecule has 0 N–H and O–H groups in total. The van der Waals surface area contributed by atoms with Crippen LogP contribution in [0.1, 0.15) is 13.8 Å². The van der Waals surface area contributed by atoms with Crippen molar-refractivity contribution in [3.63, 3.8) is 0 Å². The van der Waals surface area contributed by atoms with E-state index in [0.29, 0.717) is 0 Å². The molecule has 20 heteroatoms. The van der Waals surface area contributed by atoms with Gasteiger partial charge in [-0.3, -0.25) is 30.0 Å². The Balaban J connectivity index is 7.36. The van der Waals surface area contributed by atoms with Gasteiger partial charge in [-0.05, 0) is 6.92 Å². The van der Waals surface area contributed by atoms with Crippen LogP contribution in [0.4, 0.5) is 26.3 Å².